The number of hydrogen-bond donors (Lipinski definition) is 2. The molecule has 0 bridgehead atoms. The summed E-state index contributed by atoms with van der Waals surface area (Å²) in [5.74, 6) is 0. The average Bonchev–Trinajstić information content (AvgIpc) is 2.50. The Morgan fingerprint density at radius 2 is 1.57 bits per heavy atom. The van der Waals surface area contributed by atoms with Crippen molar-refractivity contribution in [3.05, 3.63) is 24.3 Å². The van der Waals surface area contributed by atoms with Gasteiger partial charge in [-0.05, 0) is 63.0 Å². The first kappa shape index (κ1) is 17.8. The molecule has 3 N–H and O–H groups in total. The van der Waals surface area contributed by atoms with Crippen LogP contribution >= 0.6 is 0 Å². The highest BCUT2D eigenvalue weighted by Gasteiger charge is 2.04. The second kappa shape index (κ2) is 11.4. The molecule has 0 aliphatic rings. The largest absolute Gasteiger partial charge is 0.399 e. The monoisotopic (exact) mass is 291 g/mol. The van der Waals surface area contributed by atoms with Gasteiger partial charge in [0.1, 0.15) is 0 Å². The quantitative estimate of drug-likeness (QED) is 0.451. The number of hydrogen-bond acceptors (Lipinski definition) is 3. The maximum atomic E-state index is 5.77. The van der Waals surface area contributed by atoms with Gasteiger partial charge in [-0.2, -0.15) is 0 Å². The third kappa shape index (κ3) is 7.96. The van der Waals surface area contributed by atoms with Crippen molar-refractivity contribution in [2.75, 3.05) is 36.8 Å². The maximum Gasteiger partial charge on any atom is 0.0367 e. The van der Waals surface area contributed by atoms with Crippen LogP contribution in [0.2, 0.25) is 0 Å². The Bertz CT molecular complexity index is 348. The van der Waals surface area contributed by atoms with Crippen LogP contribution in [-0.4, -0.2) is 26.2 Å². The van der Waals surface area contributed by atoms with E-state index in [2.05, 4.69) is 36.2 Å². The topological polar surface area (TPSA) is 41.3 Å². The molecule has 21 heavy (non-hydrogen) atoms. The van der Waals surface area contributed by atoms with E-state index in [-0.39, 0.29) is 0 Å². The minimum atomic E-state index is 0.842. The number of unbranched alkanes of at least 4 members (excludes halogenated alkanes) is 3. The number of anilines is 2. The molecule has 3 heteroatoms. The molecule has 1 aromatic carbocycles. The average molecular weight is 291 g/mol. The molecular weight excluding hydrogens is 258 g/mol. The first-order valence-electron chi connectivity index (χ1n) is 8.59. The molecule has 0 aliphatic heterocycles. The van der Waals surface area contributed by atoms with E-state index in [0.717, 1.165) is 25.3 Å². The molecule has 0 atom stereocenters. The molecular formula is C18H33N3. The molecule has 0 saturated carbocycles. The zero-order chi connectivity index (χ0) is 15.3. The Kier molecular flexibility index (Phi) is 9.71. The second-order valence-electron chi connectivity index (χ2n) is 5.74. The third-order valence-corrected chi connectivity index (χ3v) is 3.71. The highest BCUT2D eigenvalue weighted by atomic mass is 15.1. The van der Waals surface area contributed by atoms with Crippen molar-refractivity contribution in [3.8, 4) is 0 Å². The van der Waals surface area contributed by atoms with Gasteiger partial charge >= 0.3 is 0 Å². The Morgan fingerprint density at radius 3 is 2.24 bits per heavy atom. The van der Waals surface area contributed by atoms with Crippen molar-refractivity contribution in [3.63, 3.8) is 0 Å². The summed E-state index contributed by atoms with van der Waals surface area (Å²) in [6.45, 7) is 9.06. The molecule has 0 fully saturated rings. The molecule has 0 saturated heterocycles. The number of nitrogens with two attached hydrogens (primary N) is 1. The van der Waals surface area contributed by atoms with E-state index >= 15 is 0 Å². The molecule has 120 valence electrons. The first-order chi connectivity index (χ1) is 10.3. The smallest absolute Gasteiger partial charge is 0.0367 e. The van der Waals surface area contributed by atoms with Crippen LogP contribution in [0.15, 0.2) is 24.3 Å². The van der Waals surface area contributed by atoms with Crippen molar-refractivity contribution < 1.29 is 0 Å². The van der Waals surface area contributed by atoms with Crippen molar-refractivity contribution in [2.24, 2.45) is 0 Å². The van der Waals surface area contributed by atoms with Crippen LogP contribution in [0.4, 0.5) is 11.4 Å². The third-order valence-electron chi connectivity index (χ3n) is 3.71. The molecule has 0 heterocycles. The fraction of sp³-hybridized carbons (Fsp3) is 0.667. The standard InChI is InChI=1S/C18H33N3/c1-3-13-20-14-7-5-6-8-16-21(15-4-2)18-11-9-17(19)10-12-18/h9-12,20H,3-8,13-16,19H2,1-2H3. The van der Waals surface area contributed by atoms with Crippen molar-refractivity contribution in [1.29, 1.82) is 0 Å². The summed E-state index contributed by atoms with van der Waals surface area (Å²) in [4.78, 5) is 2.48. The summed E-state index contributed by atoms with van der Waals surface area (Å²) in [5.41, 5.74) is 7.91. The van der Waals surface area contributed by atoms with Gasteiger partial charge in [0, 0.05) is 24.5 Å². The fourth-order valence-electron chi connectivity index (χ4n) is 2.53. The van der Waals surface area contributed by atoms with Gasteiger partial charge in [0.2, 0.25) is 0 Å². The number of nitrogens with one attached hydrogen (secondary N) is 1. The normalized spacial score (nSPS) is 10.8. The highest BCUT2D eigenvalue weighted by Crippen LogP contribution is 2.17. The van der Waals surface area contributed by atoms with Crippen molar-refractivity contribution in [2.45, 2.75) is 52.4 Å². The van der Waals surface area contributed by atoms with Crippen LogP contribution in [0.5, 0.6) is 0 Å². The molecule has 0 amide bonds. The number of nitrogens with zero attached hydrogens (tertiary/aromatic N) is 1. The summed E-state index contributed by atoms with van der Waals surface area (Å²) in [6, 6.07) is 8.27. The zero-order valence-corrected chi connectivity index (χ0v) is 13.9. The van der Waals surface area contributed by atoms with Crippen LogP contribution < -0.4 is 16.0 Å². The zero-order valence-electron chi connectivity index (χ0n) is 13.9. The summed E-state index contributed by atoms with van der Waals surface area (Å²) in [6.07, 6.45) is 7.65. The molecule has 0 spiro atoms. The minimum Gasteiger partial charge on any atom is -0.399 e. The molecule has 1 aromatic rings. The van der Waals surface area contributed by atoms with E-state index in [1.54, 1.807) is 0 Å². The Labute approximate surface area is 130 Å². The van der Waals surface area contributed by atoms with Gasteiger partial charge in [0.05, 0.1) is 0 Å². The van der Waals surface area contributed by atoms with E-state index in [4.69, 9.17) is 5.73 Å². The maximum absolute atomic E-state index is 5.77. The van der Waals surface area contributed by atoms with Gasteiger partial charge in [-0.3, -0.25) is 0 Å². The van der Waals surface area contributed by atoms with E-state index in [9.17, 15) is 0 Å². The highest BCUT2D eigenvalue weighted by molar-refractivity contribution is 5.53. The Hall–Kier alpha value is -1.22. The summed E-state index contributed by atoms with van der Waals surface area (Å²) in [7, 11) is 0. The van der Waals surface area contributed by atoms with Crippen LogP contribution in [0, 0.1) is 0 Å². The molecule has 3 nitrogen and oxygen atoms in total. The van der Waals surface area contributed by atoms with Crippen molar-refractivity contribution >= 4 is 11.4 Å². The Balaban J connectivity index is 2.21. The van der Waals surface area contributed by atoms with Crippen LogP contribution in [0.1, 0.15) is 52.4 Å². The van der Waals surface area contributed by atoms with Crippen LogP contribution in [0.25, 0.3) is 0 Å². The lowest BCUT2D eigenvalue weighted by molar-refractivity contribution is 0.579. The van der Waals surface area contributed by atoms with E-state index in [1.807, 2.05) is 12.1 Å². The van der Waals surface area contributed by atoms with E-state index in [1.165, 1.54) is 50.8 Å². The molecule has 1 rings (SSSR count). The van der Waals surface area contributed by atoms with Gasteiger partial charge < -0.3 is 16.0 Å². The molecule has 0 radical (unpaired) electrons. The predicted octanol–water partition coefficient (Wildman–Crippen LogP) is 4.05. The van der Waals surface area contributed by atoms with Gasteiger partial charge in [0.15, 0.2) is 0 Å². The predicted molar refractivity (Wildman–Crippen MR) is 95.0 cm³/mol. The van der Waals surface area contributed by atoms with Crippen LogP contribution in [-0.2, 0) is 0 Å². The van der Waals surface area contributed by atoms with Gasteiger partial charge in [-0.1, -0.05) is 26.7 Å². The van der Waals surface area contributed by atoms with E-state index in [0.29, 0.717) is 0 Å². The van der Waals surface area contributed by atoms with Crippen molar-refractivity contribution in [1.82, 2.24) is 5.32 Å². The first-order valence-corrected chi connectivity index (χ1v) is 8.59. The summed E-state index contributed by atoms with van der Waals surface area (Å²) in [5, 5.41) is 3.46. The van der Waals surface area contributed by atoms with Gasteiger partial charge in [-0.25, -0.2) is 0 Å². The summed E-state index contributed by atoms with van der Waals surface area (Å²) >= 11 is 0. The molecule has 0 unspecified atom stereocenters. The Morgan fingerprint density at radius 1 is 0.857 bits per heavy atom. The molecule has 0 aliphatic carbocycles. The lowest BCUT2D eigenvalue weighted by Gasteiger charge is -2.24. The fourth-order valence-corrected chi connectivity index (χ4v) is 2.53. The van der Waals surface area contributed by atoms with Gasteiger partial charge in [0.25, 0.3) is 0 Å². The summed E-state index contributed by atoms with van der Waals surface area (Å²) < 4.78 is 0. The van der Waals surface area contributed by atoms with Crippen LogP contribution in [0.3, 0.4) is 0 Å². The molecule has 0 aromatic heterocycles. The lowest BCUT2D eigenvalue weighted by Crippen LogP contribution is -2.25. The minimum absolute atomic E-state index is 0.842. The SMILES string of the molecule is CCCNCCCCCCN(CCC)c1ccc(N)cc1. The second-order valence-corrected chi connectivity index (χ2v) is 5.74. The van der Waals surface area contributed by atoms with Gasteiger partial charge in [-0.15, -0.1) is 0 Å². The number of rotatable bonds is 12. The van der Waals surface area contributed by atoms with E-state index < -0.39 is 0 Å². The lowest BCUT2D eigenvalue weighted by atomic mass is 10.1. The number of nitrogen functional groups attached to an aromatic ring is 1. The number of benzene rings is 1.